The number of hydrogen-bond acceptors (Lipinski definition) is 4. The van der Waals surface area contributed by atoms with Gasteiger partial charge >= 0.3 is 0 Å². The van der Waals surface area contributed by atoms with Crippen LogP contribution in [0.4, 0.5) is 0 Å². The second-order valence-electron chi connectivity index (χ2n) is 6.45. The average molecular weight is 442 g/mol. The summed E-state index contributed by atoms with van der Waals surface area (Å²) < 4.78 is 0. The summed E-state index contributed by atoms with van der Waals surface area (Å²) in [6.07, 6.45) is 3.80. The Bertz CT molecular complexity index is 810. The van der Waals surface area contributed by atoms with Crippen molar-refractivity contribution in [1.82, 2.24) is 15.2 Å². The van der Waals surface area contributed by atoms with Gasteiger partial charge in [-0.2, -0.15) is 0 Å². The third kappa shape index (κ3) is 6.47. The number of halogens is 2. The summed E-state index contributed by atoms with van der Waals surface area (Å²) in [5, 5.41) is 6.08. The fourth-order valence-corrected chi connectivity index (χ4v) is 3.62. The largest absolute Gasteiger partial charge is 0.351 e. The summed E-state index contributed by atoms with van der Waals surface area (Å²) in [6.45, 7) is 5.74. The molecule has 0 aliphatic carbocycles. The van der Waals surface area contributed by atoms with E-state index in [0.29, 0.717) is 40.9 Å². The summed E-state index contributed by atoms with van der Waals surface area (Å²) in [5.74, 6) is -0.303. The molecule has 1 N–H and O–H groups in total. The number of thiazole rings is 1. The highest BCUT2D eigenvalue weighted by Gasteiger charge is 2.19. The van der Waals surface area contributed by atoms with E-state index in [4.69, 9.17) is 23.2 Å². The standard InChI is InChI=1S/C20H25Cl2N3O2S/c1-3-5-9-23-19(26)17-13-28-18(24-17)12-25(10-6-4-2)20(27)14-7-8-15(21)16(22)11-14/h7-8,11,13H,3-6,9-10,12H2,1-2H3,(H,23,26). The van der Waals surface area contributed by atoms with E-state index in [9.17, 15) is 9.59 Å². The fourth-order valence-electron chi connectivity index (χ4n) is 2.53. The number of unbranched alkanes of at least 4 members (excludes halogenated alkanes) is 2. The van der Waals surface area contributed by atoms with E-state index in [2.05, 4.69) is 24.1 Å². The van der Waals surface area contributed by atoms with Crippen LogP contribution < -0.4 is 5.32 Å². The average Bonchev–Trinajstić information content (AvgIpc) is 3.15. The van der Waals surface area contributed by atoms with Crippen molar-refractivity contribution in [3.8, 4) is 0 Å². The maximum Gasteiger partial charge on any atom is 0.270 e. The summed E-state index contributed by atoms with van der Waals surface area (Å²) in [6, 6.07) is 4.88. The van der Waals surface area contributed by atoms with Crippen LogP contribution in [0.3, 0.4) is 0 Å². The van der Waals surface area contributed by atoms with Gasteiger partial charge in [0.15, 0.2) is 0 Å². The topological polar surface area (TPSA) is 62.3 Å². The number of aromatic nitrogens is 1. The molecule has 8 heteroatoms. The smallest absolute Gasteiger partial charge is 0.270 e. The molecule has 0 spiro atoms. The molecule has 152 valence electrons. The van der Waals surface area contributed by atoms with Gasteiger partial charge in [-0.25, -0.2) is 4.98 Å². The highest BCUT2D eigenvalue weighted by atomic mass is 35.5. The van der Waals surface area contributed by atoms with Crippen LogP contribution in [-0.2, 0) is 6.54 Å². The molecule has 28 heavy (non-hydrogen) atoms. The van der Waals surface area contributed by atoms with Gasteiger partial charge in [-0.15, -0.1) is 11.3 Å². The van der Waals surface area contributed by atoms with E-state index in [1.165, 1.54) is 11.3 Å². The molecule has 1 heterocycles. The maximum atomic E-state index is 13.0. The number of benzene rings is 1. The molecule has 0 atom stereocenters. The van der Waals surface area contributed by atoms with Gasteiger partial charge in [0.2, 0.25) is 0 Å². The molecule has 2 aromatic rings. The van der Waals surface area contributed by atoms with Crippen LogP contribution in [0.5, 0.6) is 0 Å². The van der Waals surface area contributed by atoms with Crippen LogP contribution in [0.25, 0.3) is 0 Å². The Morgan fingerprint density at radius 3 is 2.57 bits per heavy atom. The van der Waals surface area contributed by atoms with Crippen molar-refractivity contribution in [2.75, 3.05) is 13.1 Å². The number of carbonyl (C=O) groups is 2. The van der Waals surface area contributed by atoms with Crippen LogP contribution in [0.15, 0.2) is 23.6 Å². The molecular weight excluding hydrogens is 417 g/mol. The molecule has 0 saturated carbocycles. The first kappa shape index (κ1) is 22.7. The minimum absolute atomic E-state index is 0.129. The molecule has 0 radical (unpaired) electrons. The van der Waals surface area contributed by atoms with E-state index in [0.717, 1.165) is 30.7 Å². The summed E-state index contributed by atoms with van der Waals surface area (Å²) in [4.78, 5) is 31.2. The Balaban J connectivity index is 2.10. The van der Waals surface area contributed by atoms with E-state index < -0.39 is 0 Å². The minimum Gasteiger partial charge on any atom is -0.351 e. The molecule has 1 aromatic carbocycles. The van der Waals surface area contributed by atoms with Crippen molar-refractivity contribution >= 4 is 46.4 Å². The van der Waals surface area contributed by atoms with Gasteiger partial charge in [-0.05, 0) is 31.0 Å². The Morgan fingerprint density at radius 1 is 1.14 bits per heavy atom. The zero-order valence-electron chi connectivity index (χ0n) is 16.1. The quantitative estimate of drug-likeness (QED) is 0.500. The first-order valence-corrected chi connectivity index (χ1v) is 11.1. The Kier molecular flexibility index (Phi) is 9.22. The van der Waals surface area contributed by atoms with Gasteiger partial charge in [0.25, 0.3) is 11.8 Å². The van der Waals surface area contributed by atoms with Gasteiger partial charge in [-0.1, -0.05) is 49.9 Å². The van der Waals surface area contributed by atoms with Crippen molar-refractivity contribution in [3.63, 3.8) is 0 Å². The van der Waals surface area contributed by atoms with Crippen molar-refractivity contribution in [1.29, 1.82) is 0 Å². The van der Waals surface area contributed by atoms with Crippen LogP contribution in [0.1, 0.15) is 65.4 Å². The van der Waals surface area contributed by atoms with E-state index >= 15 is 0 Å². The number of nitrogens with zero attached hydrogens (tertiary/aromatic N) is 2. The highest BCUT2D eigenvalue weighted by Crippen LogP contribution is 2.24. The molecule has 0 unspecified atom stereocenters. The first-order valence-electron chi connectivity index (χ1n) is 9.43. The monoisotopic (exact) mass is 441 g/mol. The predicted octanol–water partition coefficient (Wildman–Crippen LogP) is 5.42. The molecule has 0 fully saturated rings. The lowest BCUT2D eigenvalue weighted by Crippen LogP contribution is -2.31. The molecule has 0 saturated heterocycles. The van der Waals surface area contributed by atoms with Crippen LogP contribution in [0, 0.1) is 0 Å². The van der Waals surface area contributed by atoms with Crippen LogP contribution >= 0.6 is 34.5 Å². The first-order chi connectivity index (χ1) is 13.5. The molecule has 1 aromatic heterocycles. The zero-order chi connectivity index (χ0) is 20.5. The summed E-state index contributed by atoms with van der Waals surface area (Å²) in [5.41, 5.74) is 0.883. The number of carbonyl (C=O) groups excluding carboxylic acids is 2. The fraction of sp³-hybridized carbons (Fsp3) is 0.450. The number of hydrogen-bond donors (Lipinski definition) is 1. The molecule has 2 rings (SSSR count). The normalized spacial score (nSPS) is 10.7. The summed E-state index contributed by atoms with van der Waals surface area (Å²) in [7, 11) is 0. The Hall–Kier alpha value is -1.63. The lowest BCUT2D eigenvalue weighted by Gasteiger charge is -2.21. The maximum absolute atomic E-state index is 13.0. The van der Waals surface area contributed by atoms with Crippen molar-refractivity contribution in [3.05, 3.63) is 49.9 Å². The van der Waals surface area contributed by atoms with E-state index in [-0.39, 0.29) is 11.8 Å². The predicted molar refractivity (Wildman–Crippen MR) is 115 cm³/mol. The number of rotatable bonds is 10. The molecule has 0 aliphatic rings. The number of amides is 2. The Labute approximate surface area is 180 Å². The molecule has 2 amide bonds. The van der Waals surface area contributed by atoms with E-state index in [1.54, 1.807) is 28.5 Å². The van der Waals surface area contributed by atoms with Gasteiger partial charge in [0, 0.05) is 24.0 Å². The van der Waals surface area contributed by atoms with Gasteiger partial charge < -0.3 is 10.2 Å². The summed E-state index contributed by atoms with van der Waals surface area (Å²) >= 11 is 13.4. The lowest BCUT2D eigenvalue weighted by molar-refractivity contribution is 0.0740. The van der Waals surface area contributed by atoms with E-state index in [1.807, 2.05) is 0 Å². The third-order valence-electron chi connectivity index (χ3n) is 4.16. The second kappa shape index (κ2) is 11.4. The van der Waals surface area contributed by atoms with Gasteiger partial charge in [0.05, 0.1) is 16.6 Å². The molecule has 0 bridgehead atoms. The Morgan fingerprint density at radius 2 is 1.89 bits per heavy atom. The molecular formula is C20H25Cl2N3O2S. The number of nitrogens with one attached hydrogen (secondary N) is 1. The van der Waals surface area contributed by atoms with Gasteiger partial charge in [0.1, 0.15) is 10.7 Å². The van der Waals surface area contributed by atoms with Gasteiger partial charge in [-0.3, -0.25) is 9.59 Å². The SMILES string of the molecule is CCCCNC(=O)c1csc(CN(CCCC)C(=O)c2ccc(Cl)c(Cl)c2)n1. The van der Waals surface area contributed by atoms with Crippen LogP contribution in [-0.4, -0.2) is 34.8 Å². The van der Waals surface area contributed by atoms with Crippen LogP contribution in [0.2, 0.25) is 10.0 Å². The zero-order valence-corrected chi connectivity index (χ0v) is 18.5. The second-order valence-corrected chi connectivity index (χ2v) is 8.20. The van der Waals surface area contributed by atoms with Crippen molar-refractivity contribution in [2.24, 2.45) is 0 Å². The van der Waals surface area contributed by atoms with Crippen molar-refractivity contribution < 1.29 is 9.59 Å². The lowest BCUT2D eigenvalue weighted by atomic mass is 10.2. The molecule has 0 aliphatic heterocycles. The highest BCUT2D eigenvalue weighted by molar-refractivity contribution is 7.09. The third-order valence-corrected chi connectivity index (χ3v) is 5.73. The molecule has 5 nitrogen and oxygen atoms in total. The minimum atomic E-state index is -0.174. The van der Waals surface area contributed by atoms with Crippen molar-refractivity contribution in [2.45, 2.75) is 46.1 Å².